The lowest BCUT2D eigenvalue weighted by Crippen LogP contribution is -2.45. The van der Waals surface area contributed by atoms with Crippen molar-refractivity contribution in [1.29, 1.82) is 0 Å². The highest BCUT2D eigenvalue weighted by molar-refractivity contribution is 6.33. The summed E-state index contributed by atoms with van der Waals surface area (Å²) >= 11 is 6.14. The van der Waals surface area contributed by atoms with Crippen LogP contribution in [0.4, 0.5) is 11.4 Å². The molecule has 0 fully saturated rings. The molecular weight excluding hydrogens is 340 g/mol. The van der Waals surface area contributed by atoms with E-state index in [1.165, 1.54) is 0 Å². The molecule has 1 aliphatic heterocycles. The van der Waals surface area contributed by atoms with E-state index in [0.29, 0.717) is 22.1 Å². The van der Waals surface area contributed by atoms with Gasteiger partial charge in [-0.15, -0.1) is 0 Å². The zero-order valence-corrected chi connectivity index (χ0v) is 14.8. The molecule has 2 aromatic carbocycles. The fourth-order valence-corrected chi connectivity index (χ4v) is 3.02. The minimum absolute atomic E-state index is 0.153. The molecule has 1 atom stereocenters. The van der Waals surface area contributed by atoms with Gasteiger partial charge in [0.2, 0.25) is 5.91 Å². The summed E-state index contributed by atoms with van der Waals surface area (Å²) in [5, 5.41) is 3.28. The summed E-state index contributed by atoms with van der Waals surface area (Å²) in [7, 11) is 0. The van der Waals surface area contributed by atoms with Crippen LogP contribution in [0, 0.1) is 6.92 Å². The molecule has 0 saturated heterocycles. The summed E-state index contributed by atoms with van der Waals surface area (Å²) in [6.45, 7) is 3.91. The second-order valence-electron chi connectivity index (χ2n) is 6.00. The third kappa shape index (κ3) is 3.77. The highest BCUT2D eigenvalue weighted by Crippen LogP contribution is 2.33. The molecule has 0 radical (unpaired) electrons. The minimum atomic E-state index is -0.565. The number of rotatable bonds is 4. The Bertz CT molecular complexity index is 822. The molecule has 25 heavy (non-hydrogen) atoms. The molecule has 0 aromatic heterocycles. The molecule has 130 valence electrons. The van der Waals surface area contributed by atoms with Crippen molar-refractivity contribution in [3.63, 3.8) is 0 Å². The van der Waals surface area contributed by atoms with Crippen LogP contribution in [0.25, 0.3) is 0 Å². The van der Waals surface area contributed by atoms with Crippen LogP contribution in [0.15, 0.2) is 42.5 Å². The first-order valence-corrected chi connectivity index (χ1v) is 8.46. The number of carbonyl (C=O) groups excluding carboxylic acids is 2. The Morgan fingerprint density at radius 2 is 2.04 bits per heavy atom. The van der Waals surface area contributed by atoms with Gasteiger partial charge in [-0.25, -0.2) is 0 Å². The highest BCUT2D eigenvalue weighted by atomic mass is 35.5. The number of halogens is 1. The predicted octanol–water partition coefficient (Wildman–Crippen LogP) is 3.79. The molecule has 0 spiro atoms. The van der Waals surface area contributed by atoms with Crippen LogP contribution in [0.2, 0.25) is 5.02 Å². The molecule has 2 amide bonds. The first-order valence-electron chi connectivity index (χ1n) is 8.09. The first kappa shape index (κ1) is 17.3. The normalized spacial score (nSPS) is 16.2. The average molecular weight is 359 g/mol. The number of fused-ring (bicyclic) bond motifs is 1. The van der Waals surface area contributed by atoms with Gasteiger partial charge in [0.1, 0.15) is 5.75 Å². The van der Waals surface area contributed by atoms with Gasteiger partial charge in [0.05, 0.1) is 16.4 Å². The van der Waals surface area contributed by atoms with E-state index >= 15 is 0 Å². The quantitative estimate of drug-likeness (QED) is 0.904. The van der Waals surface area contributed by atoms with E-state index in [4.69, 9.17) is 16.3 Å². The van der Waals surface area contributed by atoms with E-state index in [-0.39, 0.29) is 24.8 Å². The Balaban J connectivity index is 1.68. The standard InChI is InChI=1S/C19H19ClN2O3/c1-12-7-8-15(14(20)11-12)21-18(23)9-10-22-16-5-3-4-6-17(16)25-13(2)19(22)24/h3-8,11,13H,9-10H2,1-2H3,(H,21,23). The first-order chi connectivity index (χ1) is 12.0. The van der Waals surface area contributed by atoms with Gasteiger partial charge in [-0.1, -0.05) is 29.8 Å². The molecule has 2 aromatic rings. The molecule has 1 aliphatic rings. The average Bonchev–Trinajstić information content (AvgIpc) is 2.58. The summed E-state index contributed by atoms with van der Waals surface area (Å²) in [6.07, 6.45) is -0.402. The second-order valence-corrected chi connectivity index (χ2v) is 6.41. The molecule has 3 rings (SSSR count). The van der Waals surface area contributed by atoms with Crippen molar-refractivity contribution in [1.82, 2.24) is 0 Å². The van der Waals surface area contributed by atoms with Crippen LogP contribution in [-0.2, 0) is 9.59 Å². The summed E-state index contributed by atoms with van der Waals surface area (Å²) in [6, 6.07) is 12.8. The van der Waals surface area contributed by atoms with Gasteiger partial charge in [-0.3, -0.25) is 9.59 Å². The zero-order valence-electron chi connectivity index (χ0n) is 14.1. The Morgan fingerprint density at radius 1 is 1.28 bits per heavy atom. The molecular formula is C19H19ClN2O3. The van der Waals surface area contributed by atoms with Crippen LogP contribution in [0.1, 0.15) is 18.9 Å². The molecule has 1 unspecified atom stereocenters. The topological polar surface area (TPSA) is 58.6 Å². The lowest BCUT2D eigenvalue weighted by atomic mass is 10.1. The Labute approximate surface area is 151 Å². The van der Waals surface area contributed by atoms with Crippen LogP contribution in [0.3, 0.4) is 0 Å². The van der Waals surface area contributed by atoms with Crippen LogP contribution in [0.5, 0.6) is 5.75 Å². The van der Waals surface area contributed by atoms with Crippen molar-refractivity contribution in [2.75, 3.05) is 16.8 Å². The van der Waals surface area contributed by atoms with Crippen molar-refractivity contribution < 1.29 is 14.3 Å². The third-order valence-electron chi connectivity index (χ3n) is 4.03. The minimum Gasteiger partial charge on any atom is -0.479 e. The number of benzene rings is 2. The van der Waals surface area contributed by atoms with E-state index < -0.39 is 6.10 Å². The third-order valence-corrected chi connectivity index (χ3v) is 4.35. The molecule has 0 aliphatic carbocycles. The molecule has 5 nitrogen and oxygen atoms in total. The van der Waals surface area contributed by atoms with Gasteiger partial charge in [0.25, 0.3) is 5.91 Å². The van der Waals surface area contributed by atoms with Gasteiger partial charge >= 0.3 is 0 Å². The molecule has 1 heterocycles. The van der Waals surface area contributed by atoms with Gasteiger partial charge in [0, 0.05) is 13.0 Å². The van der Waals surface area contributed by atoms with E-state index in [0.717, 1.165) is 5.56 Å². The molecule has 6 heteroatoms. The van der Waals surface area contributed by atoms with Gasteiger partial charge in [0.15, 0.2) is 6.10 Å². The van der Waals surface area contributed by atoms with E-state index in [1.54, 1.807) is 24.0 Å². The van der Waals surface area contributed by atoms with Crippen molar-refractivity contribution in [2.45, 2.75) is 26.4 Å². The number of anilines is 2. The van der Waals surface area contributed by atoms with E-state index in [2.05, 4.69) is 5.32 Å². The SMILES string of the molecule is Cc1ccc(NC(=O)CCN2C(=O)C(C)Oc3ccccc32)c(Cl)c1. The number of para-hydroxylation sites is 2. The monoisotopic (exact) mass is 358 g/mol. The maximum absolute atomic E-state index is 12.4. The number of ether oxygens (including phenoxy) is 1. The van der Waals surface area contributed by atoms with Crippen LogP contribution in [-0.4, -0.2) is 24.5 Å². The Hall–Kier alpha value is -2.53. The Kier molecular flexibility index (Phi) is 4.95. The number of hydrogen-bond acceptors (Lipinski definition) is 3. The zero-order chi connectivity index (χ0) is 18.0. The van der Waals surface area contributed by atoms with Gasteiger partial charge < -0.3 is 15.0 Å². The van der Waals surface area contributed by atoms with E-state index in [1.807, 2.05) is 37.3 Å². The predicted molar refractivity (Wildman–Crippen MR) is 98.3 cm³/mol. The largest absolute Gasteiger partial charge is 0.479 e. The number of amides is 2. The number of carbonyl (C=O) groups is 2. The van der Waals surface area contributed by atoms with Crippen molar-refractivity contribution >= 4 is 34.8 Å². The summed E-state index contributed by atoms with van der Waals surface area (Å²) in [4.78, 5) is 26.2. The van der Waals surface area contributed by atoms with Crippen LogP contribution >= 0.6 is 11.6 Å². The summed E-state index contributed by atoms with van der Waals surface area (Å²) in [5.74, 6) is 0.298. The summed E-state index contributed by atoms with van der Waals surface area (Å²) < 4.78 is 5.59. The number of nitrogens with zero attached hydrogens (tertiary/aromatic N) is 1. The summed E-state index contributed by atoms with van der Waals surface area (Å²) in [5.41, 5.74) is 2.28. The highest BCUT2D eigenvalue weighted by Gasteiger charge is 2.31. The van der Waals surface area contributed by atoms with E-state index in [9.17, 15) is 9.59 Å². The van der Waals surface area contributed by atoms with Crippen molar-refractivity contribution in [3.8, 4) is 5.75 Å². The molecule has 1 N–H and O–H groups in total. The van der Waals surface area contributed by atoms with Crippen molar-refractivity contribution in [2.24, 2.45) is 0 Å². The number of aryl methyl sites for hydroxylation is 1. The van der Waals surface area contributed by atoms with Crippen LogP contribution < -0.4 is 15.0 Å². The molecule has 0 bridgehead atoms. The smallest absolute Gasteiger partial charge is 0.267 e. The lowest BCUT2D eigenvalue weighted by Gasteiger charge is -2.32. The van der Waals surface area contributed by atoms with Gasteiger partial charge in [-0.2, -0.15) is 0 Å². The van der Waals surface area contributed by atoms with Crippen molar-refractivity contribution in [3.05, 3.63) is 53.1 Å². The molecule has 0 saturated carbocycles. The Morgan fingerprint density at radius 3 is 2.80 bits per heavy atom. The maximum atomic E-state index is 12.4. The fraction of sp³-hybridized carbons (Fsp3) is 0.263. The second kappa shape index (κ2) is 7.15. The lowest BCUT2D eigenvalue weighted by molar-refractivity contribution is -0.125. The maximum Gasteiger partial charge on any atom is 0.267 e. The number of nitrogens with one attached hydrogen (secondary N) is 1. The number of hydrogen-bond donors (Lipinski definition) is 1. The fourth-order valence-electron chi connectivity index (χ4n) is 2.74. The van der Waals surface area contributed by atoms with Gasteiger partial charge in [-0.05, 0) is 43.7 Å².